The molecule has 0 unspecified atom stereocenters. The monoisotopic (exact) mass is 433 g/mol. The van der Waals surface area contributed by atoms with Gasteiger partial charge in [0.2, 0.25) is 5.91 Å². The average Bonchev–Trinajstić information content (AvgIpc) is 2.76. The molecule has 4 rings (SSSR count). The molecule has 0 aromatic heterocycles. The molecule has 0 radical (unpaired) electrons. The molecule has 31 heavy (non-hydrogen) atoms. The van der Waals surface area contributed by atoms with Crippen LogP contribution in [0.1, 0.15) is 43.0 Å². The van der Waals surface area contributed by atoms with Crippen LogP contribution < -0.4 is 0 Å². The van der Waals surface area contributed by atoms with Crippen LogP contribution in [0.3, 0.4) is 0 Å². The Morgan fingerprint density at radius 3 is 1.97 bits per heavy atom. The number of rotatable bonds is 6. The van der Waals surface area contributed by atoms with Crippen molar-refractivity contribution in [1.29, 1.82) is 0 Å². The van der Waals surface area contributed by atoms with E-state index >= 15 is 0 Å². The van der Waals surface area contributed by atoms with Crippen LogP contribution in [0.4, 0.5) is 0 Å². The molecular formula is C26H27NO3S. The van der Waals surface area contributed by atoms with Crippen molar-refractivity contribution in [2.24, 2.45) is 5.92 Å². The molecule has 0 N–H and O–H groups in total. The Morgan fingerprint density at radius 1 is 0.871 bits per heavy atom. The van der Waals surface area contributed by atoms with Crippen molar-refractivity contribution >= 4 is 15.9 Å². The van der Waals surface area contributed by atoms with Gasteiger partial charge in [-0.15, -0.1) is 0 Å². The summed E-state index contributed by atoms with van der Waals surface area (Å²) in [6.07, 6.45) is 0.565. The number of aryl methyl sites for hydroxylation is 1. The first-order valence-corrected chi connectivity index (χ1v) is 12.0. The van der Waals surface area contributed by atoms with Crippen molar-refractivity contribution in [3.05, 3.63) is 102 Å². The minimum absolute atomic E-state index is 0.138. The summed E-state index contributed by atoms with van der Waals surface area (Å²) in [5.41, 5.74) is 1.72. The van der Waals surface area contributed by atoms with Crippen LogP contribution >= 0.6 is 0 Å². The molecule has 5 heteroatoms. The molecule has 1 aliphatic rings. The summed E-state index contributed by atoms with van der Waals surface area (Å²) in [7, 11) is -4.00. The quantitative estimate of drug-likeness (QED) is 0.499. The summed E-state index contributed by atoms with van der Waals surface area (Å²) in [5, 5.41) is 0. The van der Waals surface area contributed by atoms with Gasteiger partial charge < -0.3 is 0 Å². The molecule has 1 amide bonds. The van der Waals surface area contributed by atoms with E-state index in [-0.39, 0.29) is 16.7 Å². The maximum absolute atomic E-state index is 13.8. The van der Waals surface area contributed by atoms with E-state index in [2.05, 4.69) is 13.8 Å². The van der Waals surface area contributed by atoms with Gasteiger partial charge in [0.1, 0.15) is 5.41 Å². The van der Waals surface area contributed by atoms with Gasteiger partial charge in [-0.25, -0.2) is 12.7 Å². The summed E-state index contributed by atoms with van der Waals surface area (Å²) >= 11 is 0. The number of carbonyl (C=O) groups excluding carboxylic acids is 1. The predicted octanol–water partition coefficient (Wildman–Crippen LogP) is 5.25. The Balaban J connectivity index is 1.92. The maximum Gasteiger partial charge on any atom is 0.267 e. The first-order chi connectivity index (χ1) is 14.8. The van der Waals surface area contributed by atoms with E-state index in [1.807, 2.05) is 67.6 Å². The molecule has 3 aromatic carbocycles. The largest absolute Gasteiger partial charge is 0.273 e. The second-order valence-corrected chi connectivity index (χ2v) is 10.5. The highest BCUT2D eigenvalue weighted by atomic mass is 32.2. The third-order valence-corrected chi connectivity index (χ3v) is 7.76. The number of carbonyl (C=O) groups is 1. The van der Waals surface area contributed by atoms with Crippen molar-refractivity contribution in [1.82, 2.24) is 4.31 Å². The highest BCUT2D eigenvalue weighted by Gasteiger charge is 2.65. The zero-order valence-corrected chi connectivity index (χ0v) is 18.8. The van der Waals surface area contributed by atoms with Crippen molar-refractivity contribution in [3.8, 4) is 0 Å². The summed E-state index contributed by atoms with van der Waals surface area (Å²) in [5.74, 6) is -0.151. The fourth-order valence-corrected chi connectivity index (χ4v) is 6.34. The summed E-state index contributed by atoms with van der Waals surface area (Å²) in [6.45, 7) is 6.04. The lowest BCUT2D eigenvalue weighted by Gasteiger charge is -2.56. The second kappa shape index (κ2) is 7.97. The van der Waals surface area contributed by atoms with Crippen molar-refractivity contribution in [2.75, 3.05) is 0 Å². The molecule has 0 spiro atoms. The zero-order chi connectivity index (χ0) is 22.2. The van der Waals surface area contributed by atoms with Gasteiger partial charge in [0.05, 0.1) is 10.9 Å². The normalized spacial score (nSPS) is 21.2. The lowest BCUT2D eigenvalue weighted by atomic mass is 9.61. The molecule has 1 aliphatic heterocycles. The van der Waals surface area contributed by atoms with Gasteiger partial charge >= 0.3 is 0 Å². The lowest BCUT2D eigenvalue weighted by molar-refractivity contribution is -0.152. The molecule has 0 aliphatic carbocycles. The number of amides is 1. The fourth-order valence-electron chi connectivity index (χ4n) is 4.67. The first-order valence-electron chi connectivity index (χ1n) is 10.5. The number of sulfonamides is 1. The third kappa shape index (κ3) is 3.47. The minimum Gasteiger partial charge on any atom is -0.273 e. The number of hydrogen-bond acceptors (Lipinski definition) is 3. The van der Waals surface area contributed by atoms with Crippen molar-refractivity contribution < 1.29 is 13.2 Å². The van der Waals surface area contributed by atoms with Gasteiger partial charge in [-0.2, -0.15) is 0 Å². The number of nitrogens with zero attached hydrogens (tertiary/aromatic N) is 1. The summed E-state index contributed by atoms with van der Waals surface area (Å²) in [6, 6.07) is 25.2. The van der Waals surface area contributed by atoms with E-state index in [0.29, 0.717) is 6.42 Å². The van der Waals surface area contributed by atoms with Gasteiger partial charge in [0.25, 0.3) is 10.0 Å². The van der Waals surface area contributed by atoms with Crippen LogP contribution in [0.2, 0.25) is 0 Å². The molecule has 0 bridgehead atoms. The molecule has 3 aromatic rings. The SMILES string of the molecule is Cc1ccc(S(=O)(=O)N2C(=O)[C@](CC(C)C)(c3ccccc3)[C@@H]2c2ccccc2)cc1. The predicted molar refractivity (Wildman–Crippen MR) is 122 cm³/mol. The molecule has 1 heterocycles. The third-order valence-electron chi connectivity index (χ3n) is 6.00. The van der Waals surface area contributed by atoms with Gasteiger partial charge in [0.15, 0.2) is 0 Å². The van der Waals surface area contributed by atoms with E-state index in [9.17, 15) is 13.2 Å². The van der Waals surface area contributed by atoms with Gasteiger partial charge in [-0.3, -0.25) is 4.79 Å². The van der Waals surface area contributed by atoms with Gasteiger partial charge in [0, 0.05) is 0 Å². The Kier molecular flexibility index (Phi) is 5.48. The lowest BCUT2D eigenvalue weighted by Crippen LogP contribution is -2.67. The van der Waals surface area contributed by atoms with Crippen LogP contribution in [0.25, 0.3) is 0 Å². The van der Waals surface area contributed by atoms with Crippen molar-refractivity contribution in [2.45, 2.75) is 43.5 Å². The van der Waals surface area contributed by atoms with E-state index in [1.165, 1.54) is 0 Å². The average molecular weight is 434 g/mol. The molecule has 160 valence electrons. The standard InChI is InChI=1S/C26H27NO3S/c1-19(2)18-26(22-12-8-5-9-13-22)24(21-10-6-4-7-11-21)27(25(26)28)31(29,30)23-16-14-20(3)15-17-23/h4-17,19,24H,18H2,1-3H3/t24-,26+/m0/s1. The van der Waals surface area contributed by atoms with Crippen LogP contribution in [0.15, 0.2) is 89.8 Å². The molecule has 1 fully saturated rings. The van der Waals surface area contributed by atoms with Crippen LogP contribution in [0.5, 0.6) is 0 Å². The van der Waals surface area contributed by atoms with E-state index in [1.54, 1.807) is 24.3 Å². The molecular weight excluding hydrogens is 406 g/mol. The Hall–Kier alpha value is -2.92. The van der Waals surface area contributed by atoms with Crippen LogP contribution in [-0.2, 0) is 20.2 Å². The van der Waals surface area contributed by atoms with Crippen molar-refractivity contribution in [3.63, 3.8) is 0 Å². The Bertz CT molecular complexity index is 1170. The Morgan fingerprint density at radius 2 is 1.42 bits per heavy atom. The van der Waals surface area contributed by atoms with Crippen LogP contribution in [-0.4, -0.2) is 18.6 Å². The highest BCUT2D eigenvalue weighted by molar-refractivity contribution is 7.89. The number of hydrogen-bond donors (Lipinski definition) is 0. The fraction of sp³-hybridized carbons (Fsp3) is 0.269. The highest BCUT2D eigenvalue weighted by Crippen LogP contribution is 2.57. The van der Waals surface area contributed by atoms with E-state index < -0.39 is 21.5 Å². The molecule has 4 nitrogen and oxygen atoms in total. The molecule has 2 atom stereocenters. The van der Waals surface area contributed by atoms with E-state index in [4.69, 9.17) is 0 Å². The summed E-state index contributed by atoms with van der Waals surface area (Å²) < 4.78 is 28.4. The number of benzene rings is 3. The second-order valence-electron chi connectivity index (χ2n) is 8.67. The molecule has 1 saturated heterocycles. The minimum atomic E-state index is -4.00. The zero-order valence-electron chi connectivity index (χ0n) is 18.0. The maximum atomic E-state index is 13.8. The van der Waals surface area contributed by atoms with Gasteiger partial charge in [-0.1, -0.05) is 92.2 Å². The van der Waals surface area contributed by atoms with E-state index in [0.717, 1.165) is 21.0 Å². The Labute approximate surface area is 184 Å². The first kappa shape index (κ1) is 21.3. The summed E-state index contributed by atoms with van der Waals surface area (Å²) in [4.78, 5) is 14.0. The number of β-lactam (4-membered cyclic amide) rings is 1. The van der Waals surface area contributed by atoms with Gasteiger partial charge in [-0.05, 0) is 42.5 Å². The smallest absolute Gasteiger partial charge is 0.267 e. The van der Waals surface area contributed by atoms with Crippen LogP contribution in [0, 0.1) is 12.8 Å². The molecule has 0 saturated carbocycles. The topological polar surface area (TPSA) is 54.5 Å².